The standard InChI is InChI=1S/C19H26N6O5/c1-10(11(2)26)25-6-13(21-23-25)12-5-24(4)22-14(12)16(27)20-9-19-7-18(3,8-19)30-15(19)17(28)29/h5-6,10-11,15,26H,7-9H2,1-4H3,(H,20,27)(H,28,29)/t10-,11+,15?,18?,19?/m1/s1. The summed E-state index contributed by atoms with van der Waals surface area (Å²) in [6.45, 7) is 5.57. The van der Waals surface area contributed by atoms with Crippen molar-refractivity contribution in [2.45, 2.75) is 57.5 Å². The molecule has 2 saturated heterocycles. The maximum absolute atomic E-state index is 12.9. The Labute approximate surface area is 173 Å². The topological polar surface area (TPSA) is 144 Å². The molecule has 0 spiro atoms. The number of fused-ring (bicyclic) bond motifs is 1. The molecule has 1 saturated carbocycles. The van der Waals surface area contributed by atoms with Gasteiger partial charge >= 0.3 is 5.97 Å². The first-order valence-corrected chi connectivity index (χ1v) is 9.86. The number of aliphatic carboxylic acids is 1. The van der Waals surface area contributed by atoms with Gasteiger partial charge in [0.1, 0.15) is 5.69 Å². The summed E-state index contributed by atoms with van der Waals surface area (Å²) in [5, 5.41) is 34.5. The predicted molar refractivity (Wildman–Crippen MR) is 104 cm³/mol. The van der Waals surface area contributed by atoms with E-state index in [1.54, 1.807) is 26.4 Å². The van der Waals surface area contributed by atoms with E-state index >= 15 is 0 Å². The number of carboxylic acid groups (broad SMARTS) is 1. The molecular weight excluding hydrogens is 392 g/mol. The van der Waals surface area contributed by atoms with Gasteiger partial charge in [0, 0.05) is 25.2 Å². The first kappa shape index (κ1) is 20.5. The van der Waals surface area contributed by atoms with Crippen LogP contribution in [0.15, 0.2) is 12.4 Å². The number of hydrogen-bond acceptors (Lipinski definition) is 7. The highest BCUT2D eigenvalue weighted by atomic mass is 16.5. The van der Waals surface area contributed by atoms with Crippen molar-refractivity contribution < 1.29 is 24.5 Å². The lowest BCUT2D eigenvalue weighted by Crippen LogP contribution is -2.51. The molecule has 3 fully saturated rings. The molecule has 5 rings (SSSR count). The van der Waals surface area contributed by atoms with E-state index in [-0.39, 0.29) is 18.3 Å². The second kappa shape index (κ2) is 6.88. The molecule has 3 N–H and O–H groups in total. The van der Waals surface area contributed by atoms with Crippen molar-refractivity contribution in [2.75, 3.05) is 6.54 Å². The Morgan fingerprint density at radius 3 is 2.70 bits per heavy atom. The van der Waals surface area contributed by atoms with Crippen molar-refractivity contribution in [3.63, 3.8) is 0 Å². The summed E-state index contributed by atoms with van der Waals surface area (Å²) in [7, 11) is 1.70. The van der Waals surface area contributed by atoms with Gasteiger partial charge in [-0.3, -0.25) is 9.48 Å². The molecule has 1 unspecified atom stereocenters. The zero-order valence-electron chi connectivity index (χ0n) is 17.4. The van der Waals surface area contributed by atoms with Crippen LogP contribution < -0.4 is 5.32 Å². The van der Waals surface area contributed by atoms with Crippen molar-refractivity contribution >= 4 is 11.9 Å². The number of rotatable bonds is 7. The quantitative estimate of drug-likeness (QED) is 0.585. The highest BCUT2D eigenvalue weighted by Gasteiger charge is 2.67. The first-order chi connectivity index (χ1) is 14.0. The van der Waals surface area contributed by atoms with Crippen molar-refractivity contribution in [2.24, 2.45) is 12.5 Å². The van der Waals surface area contributed by atoms with E-state index < -0.39 is 35.1 Å². The molecule has 3 aliphatic rings. The van der Waals surface area contributed by atoms with Gasteiger partial charge in [0.25, 0.3) is 5.91 Å². The Morgan fingerprint density at radius 2 is 2.07 bits per heavy atom. The number of aryl methyl sites for hydroxylation is 1. The number of aromatic nitrogens is 5. The zero-order chi connectivity index (χ0) is 21.8. The van der Waals surface area contributed by atoms with Gasteiger partial charge in [0.05, 0.1) is 29.5 Å². The van der Waals surface area contributed by atoms with Gasteiger partial charge in [-0.05, 0) is 33.6 Å². The number of nitrogens with one attached hydrogen (secondary N) is 1. The van der Waals surface area contributed by atoms with Gasteiger partial charge in [-0.15, -0.1) is 5.10 Å². The smallest absolute Gasteiger partial charge is 0.333 e. The van der Waals surface area contributed by atoms with Crippen LogP contribution in [0.4, 0.5) is 0 Å². The lowest BCUT2D eigenvalue weighted by Gasteiger charge is -2.42. The maximum Gasteiger partial charge on any atom is 0.333 e. The van der Waals surface area contributed by atoms with Crippen LogP contribution in [0.2, 0.25) is 0 Å². The number of carbonyl (C=O) groups is 2. The van der Waals surface area contributed by atoms with Crippen LogP contribution >= 0.6 is 0 Å². The number of aliphatic hydroxyl groups is 1. The van der Waals surface area contributed by atoms with Crippen LogP contribution in [0, 0.1) is 5.41 Å². The molecule has 11 heteroatoms. The van der Waals surface area contributed by atoms with Crippen LogP contribution in [0.3, 0.4) is 0 Å². The van der Waals surface area contributed by atoms with Gasteiger partial charge in [-0.2, -0.15) is 5.10 Å². The van der Waals surface area contributed by atoms with Gasteiger partial charge in [0.15, 0.2) is 11.8 Å². The molecule has 0 aromatic carbocycles. The average Bonchev–Trinajstić information content (AvgIpc) is 3.38. The summed E-state index contributed by atoms with van der Waals surface area (Å²) in [5.41, 5.74) is 0.123. The minimum Gasteiger partial charge on any atom is -0.479 e. The third kappa shape index (κ3) is 3.27. The summed E-state index contributed by atoms with van der Waals surface area (Å²) < 4.78 is 8.71. The highest BCUT2D eigenvalue weighted by molar-refractivity contribution is 5.98. The average molecular weight is 418 g/mol. The Kier molecular flexibility index (Phi) is 4.70. The lowest BCUT2D eigenvalue weighted by molar-refractivity contribution is -0.150. The Balaban J connectivity index is 1.52. The number of carboxylic acids is 1. The van der Waals surface area contributed by atoms with Crippen molar-refractivity contribution in [1.29, 1.82) is 0 Å². The van der Waals surface area contributed by atoms with E-state index in [4.69, 9.17) is 4.74 Å². The number of aliphatic hydroxyl groups excluding tert-OH is 1. The third-order valence-electron chi connectivity index (χ3n) is 6.18. The van der Waals surface area contributed by atoms with E-state index in [9.17, 15) is 19.8 Å². The molecule has 3 atom stereocenters. The van der Waals surface area contributed by atoms with Crippen molar-refractivity contribution in [1.82, 2.24) is 30.1 Å². The molecule has 1 aliphatic carbocycles. The molecular formula is C19H26N6O5. The van der Waals surface area contributed by atoms with E-state index in [2.05, 4.69) is 20.7 Å². The second-order valence-corrected chi connectivity index (χ2v) is 8.81. The molecule has 11 nitrogen and oxygen atoms in total. The van der Waals surface area contributed by atoms with E-state index in [0.717, 1.165) is 0 Å². The summed E-state index contributed by atoms with van der Waals surface area (Å²) in [6, 6.07) is -0.275. The van der Waals surface area contributed by atoms with Crippen LogP contribution in [-0.2, 0) is 16.6 Å². The number of hydrogen-bond donors (Lipinski definition) is 3. The molecule has 30 heavy (non-hydrogen) atoms. The van der Waals surface area contributed by atoms with E-state index in [1.807, 2.05) is 13.8 Å². The van der Waals surface area contributed by atoms with Crippen LogP contribution in [0.1, 0.15) is 50.1 Å². The van der Waals surface area contributed by atoms with Crippen LogP contribution in [-0.4, -0.2) is 71.2 Å². The molecule has 2 aliphatic heterocycles. The summed E-state index contributed by atoms with van der Waals surface area (Å²) >= 11 is 0. The molecule has 0 radical (unpaired) electrons. The fourth-order valence-corrected chi connectivity index (χ4v) is 4.65. The van der Waals surface area contributed by atoms with Gasteiger partial charge in [0.2, 0.25) is 0 Å². The Morgan fingerprint density at radius 1 is 1.37 bits per heavy atom. The van der Waals surface area contributed by atoms with Gasteiger partial charge < -0.3 is 20.3 Å². The Bertz CT molecular complexity index is 989. The third-order valence-corrected chi connectivity index (χ3v) is 6.18. The van der Waals surface area contributed by atoms with E-state index in [0.29, 0.717) is 24.1 Å². The molecule has 2 bridgehead atoms. The van der Waals surface area contributed by atoms with Crippen LogP contribution in [0.25, 0.3) is 11.3 Å². The molecule has 4 heterocycles. The predicted octanol–water partition coefficient (Wildman–Crippen LogP) is 0.373. The number of ether oxygens (including phenoxy) is 1. The minimum absolute atomic E-state index is 0.179. The monoisotopic (exact) mass is 418 g/mol. The fraction of sp³-hybridized carbons (Fsp3) is 0.632. The largest absolute Gasteiger partial charge is 0.479 e. The van der Waals surface area contributed by atoms with Gasteiger partial charge in [-0.1, -0.05) is 5.21 Å². The molecule has 2 aromatic rings. The van der Waals surface area contributed by atoms with Crippen molar-refractivity contribution in [3.8, 4) is 11.3 Å². The van der Waals surface area contributed by atoms with Crippen molar-refractivity contribution in [3.05, 3.63) is 18.1 Å². The highest BCUT2D eigenvalue weighted by Crippen LogP contribution is 2.61. The number of nitrogens with zero attached hydrogens (tertiary/aromatic N) is 5. The van der Waals surface area contributed by atoms with E-state index in [1.165, 1.54) is 9.36 Å². The first-order valence-electron chi connectivity index (χ1n) is 9.86. The summed E-state index contributed by atoms with van der Waals surface area (Å²) in [5.74, 6) is -1.42. The van der Waals surface area contributed by atoms with Crippen LogP contribution in [0.5, 0.6) is 0 Å². The second-order valence-electron chi connectivity index (χ2n) is 8.81. The number of amides is 1. The Hall–Kier alpha value is -2.79. The number of carbonyl (C=O) groups excluding carboxylic acids is 1. The summed E-state index contributed by atoms with van der Waals surface area (Å²) in [4.78, 5) is 24.5. The maximum atomic E-state index is 12.9. The molecule has 2 aromatic heterocycles. The summed E-state index contributed by atoms with van der Waals surface area (Å²) in [6.07, 6.45) is 2.99. The minimum atomic E-state index is -1.01. The molecule has 1 amide bonds. The zero-order valence-corrected chi connectivity index (χ0v) is 17.4. The van der Waals surface area contributed by atoms with Gasteiger partial charge in [-0.25, -0.2) is 9.48 Å². The lowest BCUT2D eigenvalue weighted by atomic mass is 9.60. The molecule has 162 valence electrons. The SMILES string of the molecule is C[C@H](O)[C@@H](C)n1cc(-c2cn(C)nc2C(=O)NCC23CC(C)(C2)OC3C(=O)O)nn1. The normalized spacial score (nSPS) is 29.3. The fourth-order valence-electron chi connectivity index (χ4n) is 4.65.